The Hall–Kier alpha value is -2.90. The number of piperidine rings is 1. The van der Waals surface area contributed by atoms with Crippen molar-refractivity contribution in [1.29, 1.82) is 0 Å². The van der Waals surface area contributed by atoms with E-state index in [1.807, 2.05) is 17.0 Å². The lowest BCUT2D eigenvalue weighted by Crippen LogP contribution is -2.57. The molecule has 7 heteroatoms. The molecule has 0 aromatic heterocycles. The van der Waals surface area contributed by atoms with Crippen LogP contribution in [0, 0.1) is 12.8 Å². The molecule has 7 nitrogen and oxygen atoms in total. The van der Waals surface area contributed by atoms with Crippen molar-refractivity contribution in [3.63, 3.8) is 0 Å². The van der Waals surface area contributed by atoms with Crippen molar-refractivity contribution in [2.45, 2.75) is 57.8 Å². The first kappa shape index (κ1) is 25.2. The highest BCUT2D eigenvalue weighted by molar-refractivity contribution is 5.89. The summed E-state index contributed by atoms with van der Waals surface area (Å²) in [5, 5.41) is 2.94. The van der Waals surface area contributed by atoms with Crippen LogP contribution in [0.1, 0.15) is 42.4 Å². The molecule has 2 amide bonds. The molecule has 2 aromatic carbocycles. The van der Waals surface area contributed by atoms with Gasteiger partial charge >= 0.3 is 0 Å². The van der Waals surface area contributed by atoms with Gasteiger partial charge in [-0.15, -0.1) is 0 Å². The fourth-order valence-corrected chi connectivity index (χ4v) is 4.99. The highest BCUT2D eigenvalue weighted by Crippen LogP contribution is 2.34. The Kier molecular flexibility index (Phi) is 8.42. The molecular weight excluding hydrogens is 440 g/mol. The van der Waals surface area contributed by atoms with Gasteiger partial charge in [0, 0.05) is 44.7 Å². The summed E-state index contributed by atoms with van der Waals surface area (Å²) in [5.41, 5.74) is 9.32. The maximum absolute atomic E-state index is 13.1. The highest BCUT2D eigenvalue weighted by atomic mass is 16.5. The number of likely N-dealkylation sites (tertiary alicyclic amines) is 1. The van der Waals surface area contributed by atoms with Crippen LogP contribution in [-0.2, 0) is 22.7 Å². The van der Waals surface area contributed by atoms with Crippen LogP contribution in [0.25, 0.3) is 0 Å². The van der Waals surface area contributed by atoms with E-state index in [1.54, 1.807) is 7.11 Å². The smallest absolute Gasteiger partial charge is 0.242 e. The summed E-state index contributed by atoms with van der Waals surface area (Å²) >= 11 is 0. The Morgan fingerprint density at radius 3 is 2.63 bits per heavy atom. The first-order valence-electron chi connectivity index (χ1n) is 12.7. The van der Waals surface area contributed by atoms with Crippen LogP contribution >= 0.6 is 0 Å². The molecule has 0 spiro atoms. The van der Waals surface area contributed by atoms with Crippen molar-refractivity contribution in [3.05, 3.63) is 65.2 Å². The van der Waals surface area contributed by atoms with Crippen LogP contribution in [0.4, 0.5) is 0 Å². The van der Waals surface area contributed by atoms with Gasteiger partial charge in [-0.25, -0.2) is 0 Å². The van der Waals surface area contributed by atoms with Gasteiger partial charge in [0.25, 0.3) is 0 Å². The van der Waals surface area contributed by atoms with Gasteiger partial charge in [0.05, 0.1) is 7.11 Å². The number of aryl methyl sites for hydroxylation is 1. The number of nitrogens with two attached hydrogens (primary N) is 1. The third kappa shape index (κ3) is 6.41. The molecule has 0 radical (unpaired) electrons. The van der Waals surface area contributed by atoms with E-state index in [2.05, 4.69) is 53.5 Å². The van der Waals surface area contributed by atoms with Crippen LogP contribution < -0.4 is 15.8 Å². The van der Waals surface area contributed by atoms with E-state index in [1.165, 1.54) is 16.7 Å². The average molecular weight is 479 g/mol. The summed E-state index contributed by atoms with van der Waals surface area (Å²) < 4.78 is 5.45. The van der Waals surface area contributed by atoms with E-state index in [0.29, 0.717) is 26.1 Å². The second-order valence-electron chi connectivity index (χ2n) is 9.76. The number of amides is 2. The predicted molar refractivity (Wildman–Crippen MR) is 137 cm³/mol. The molecule has 4 rings (SSSR count). The number of ether oxygens (including phenoxy) is 1. The van der Waals surface area contributed by atoms with Crippen LogP contribution in [0.3, 0.4) is 0 Å². The molecule has 35 heavy (non-hydrogen) atoms. The number of hydrogen-bond donors (Lipinski definition) is 2. The summed E-state index contributed by atoms with van der Waals surface area (Å²) in [7, 11) is 1.68. The Balaban J connectivity index is 1.58. The van der Waals surface area contributed by atoms with E-state index in [0.717, 1.165) is 38.1 Å². The molecule has 2 atom stereocenters. The van der Waals surface area contributed by atoms with Gasteiger partial charge in [-0.1, -0.05) is 36.4 Å². The maximum Gasteiger partial charge on any atom is 0.242 e. The second-order valence-corrected chi connectivity index (χ2v) is 9.76. The number of rotatable bonds is 10. The van der Waals surface area contributed by atoms with Crippen molar-refractivity contribution in [1.82, 2.24) is 15.1 Å². The summed E-state index contributed by atoms with van der Waals surface area (Å²) in [6.45, 7) is 5.06. The lowest BCUT2D eigenvalue weighted by atomic mass is 9.93. The second kappa shape index (κ2) is 11.7. The molecular formula is C28H38N4O3. The average Bonchev–Trinajstić information content (AvgIpc) is 3.73. The summed E-state index contributed by atoms with van der Waals surface area (Å²) in [4.78, 5) is 30.4. The van der Waals surface area contributed by atoms with Crippen molar-refractivity contribution in [2.75, 3.05) is 26.7 Å². The standard InChI is InChI=1S/C28H38N4O3/c1-20-6-3-4-8-23(20)19-31(18-21-7-5-9-25(16-21)35-2)24-12-15-32(28(34)22-10-11-22)26(17-24)27(33)30-14-13-29/h3-9,16,22,24,26H,10-15,17-19,29H2,1-2H3,(H,30,33)/t24?,26-/m1/s1. The van der Waals surface area contributed by atoms with Gasteiger partial charge in [-0.2, -0.15) is 0 Å². The monoisotopic (exact) mass is 478 g/mol. The van der Waals surface area contributed by atoms with Crippen molar-refractivity contribution in [2.24, 2.45) is 11.7 Å². The van der Waals surface area contributed by atoms with Gasteiger partial charge in [0.2, 0.25) is 11.8 Å². The quantitative estimate of drug-likeness (QED) is 0.548. The van der Waals surface area contributed by atoms with Gasteiger partial charge in [0.1, 0.15) is 11.8 Å². The van der Waals surface area contributed by atoms with Crippen LogP contribution in [-0.4, -0.2) is 60.4 Å². The van der Waals surface area contributed by atoms with E-state index >= 15 is 0 Å². The van der Waals surface area contributed by atoms with E-state index < -0.39 is 6.04 Å². The number of carbonyl (C=O) groups is 2. The molecule has 2 aromatic rings. The minimum absolute atomic E-state index is 0.0913. The molecule has 1 saturated heterocycles. The third-order valence-corrected chi connectivity index (χ3v) is 7.20. The normalized spacial score (nSPS) is 20.1. The number of nitrogens with one attached hydrogen (secondary N) is 1. The molecule has 0 bridgehead atoms. The molecule has 1 saturated carbocycles. The maximum atomic E-state index is 13.1. The minimum Gasteiger partial charge on any atom is -0.497 e. The first-order chi connectivity index (χ1) is 17.0. The van der Waals surface area contributed by atoms with Crippen molar-refractivity contribution < 1.29 is 14.3 Å². The Morgan fingerprint density at radius 1 is 1.11 bits per heavy atom. The van der Waals surface area contributed by atoms with Crippen LogP contribution in [0.2, 0.25) is 0 Å². The first-order valence-corrected chi connectivity index (χ1v) is 12.7. The largest absolute Gasteiger partial charge is 0.497 e. The highest BCUT2D eigenvalue weighted by Gasteiger charge is 2.42. The van der Waals surface area contributed by atoms with Gasteiger partial charge in [-0.3, -0.25) is 14.5 Å². The predicted octanol–water partition coefficient (Wildman–Crippen LogP) is 2.85. The molecule has 1 heterocycles. The van der Waals surface area contributed by atoms with Gasteiger partial charge in [-0.05, 0) is 61.4 Å². The van der Waals surface area contributed by atoms with Crippen LogP contribution in [0.15, 0.2) is 48.5 Å². The number of methoxy groups -OCH3 is 1. The molecule has 1 aliphatic carbocycles. The molecule has 1 unspecified atom stereocenters. The van der Waals surface area contributed by atoms with E-state index in [4.69, 9.17) is 10.5 Å². The number of carbonyl (C=O) groups excluding carboxylic acids is 2. The Bertz CT molecular complexity index is 1020. The summed E-state index contributed by atoms with van der Waals surface area (Å²) in [6, 6.07) is 16.3. The lowest BCUT2D eigenvalue weighted by Gasteiger charge is -2.43. The van der Waals surface area contributed by atoms with Crippen molar-refractivity contribution in [3.8, 4) is 5.75 Å². The van der Waals surface area contributed by atoms with Crippen molar-refractivity contribution >= 4 is 11.8 Å². The minimum atomic E-state index is -0.460. The lowest BCUT2D eigenvalue weighted by molar-refractivity contribution is -0.144. The molecule has 188 valence electrons. The Morgan fingerprint density at radius 2 is 1.91 bits per heavy atom. The zero-order valence-corrected chi connectivity index (χ0v) is 20.9. The Labute approximate surface area is 208 Å². The molecule has 2 aliphatic rings. The molecule has 1 aliphatic heterocycles. The zero-order chi connectivity index (χ0) is 24.8. The zero-order valence-electron chi connectivity index (χ0n) is 20.9. The third-order valence-electron chi connectivity index (χ3n) is 7.20. The number of benzene rings is 2. The summed E-state index contributed by atoms with van der Waals surface area (Å²) in [6.07, 6.45) is 3.33. The molecule has 3 N–H and O–H groups in total. The van der Waals surface area contributed by atoms with Crippen LogP contribution in [0.5, 0.6) is 5.75 Å². The fraction of sp³-hybridized carbons (Fsp3) is 0.500. The SMILES string of the molecule is COc1cccc(CN(Cc2ccccc2C)C2CCN(C(=O)C3CC3)[C@@H](C(=O)NCCN)C2)c1. The topological polar surface area (TPSA) is 87.9 Å². The summed E-state index contributed by atoms with van der Waals surface area (Å²) in [5.74, 6) is 0.972. The van der Waals surface area contributed by atoms with E-state index in [9.17, 15) is 9.59 Å². The van der Waals surface area contributed by atoms with E-state index in [-0.39, 0.29) is 23.8 Å². The van der Waals surface area contributed by atoms with Gasteiger partial charge in [0.15, 0.2) is 0 Å². The number of hydrogen-bond acceptors (Lipinski definition) is 5. The molecule has 2 fully saturated rings. The van der Waals surface area contributed by atoms with Gasteiger partial charge < -0.3 is 20.7 Å². The fourth-order valence-electron chi connectivity index (χ4n) is 4.99. The number of nitrogens with zero attached hydrogens (tertiary/aromatic N) is 2.